The average Bonchev–Trinajstić information content (AvgIpc) is 2.69. The number of fused-ring (bicyclic) bond motifs is 1. The maximum atomic E-state index is 13.0. The molecule has 0 saturated heterocycles. The third-order valence-corrected chi connectivity index (χ3v) is 3.54. The fourth-order valence-corrected chi connectivity index (χ4v) is 2.34. The second kappa shape index (κ2) is 4.06. The molecule has 16 heavy (non-hydrogen) atoms. The predicted molar refractivity (Wildman–Crippen MR) is 64.8 cm³/mol. The third kappa shape index (κ3) is 1.72. The normalized spacial score (nSPS) is 12.6. The molecule has 1 heterocycles. The van der Waals surface area contributed by atoms with Crippen molar-refractivity contribution in [2.24, 2.45) is 0 Å². The number of benzene rings is 1. The fraction of sp³-hybridized carbons (Fsp3) is 0. The molecule has 1 unspecified atom stereocenters. The Kier molecular flexibility index (Phi) is 2.75. The van der Waals surface area contributed by atoms with Crippen molar-refractivity contribution in [3.8, 4) is 0 Å². The zero-order chi connectivity index (χ0) is 11.7. The Labute approximate surface area is 95.3 Å². The molecule has 0 fully saturated rings. The van der Waals surface area contributed by atoms with Gasteiger partial charge in [-0.3, -0.25) is 3.97 Å². The van der Waals surface area contributed by atoms with Gasteiger partial charge in [0.1, 0.15) is 5.82 Å². The van der Waals surface area contributed by atoms with Crippen LogP contribution in [0.2, 0.25) is 0 Å². The van der Waals surface area contributed by atoms with E-state index in [9.17, 15) is 8.60 Å². The monoisotopic (exact) mass is 235 g/mol. The van der Waals surface area contributed by atoms with Crippen LogP contribution in [0.5, 0.6) is 0 Å². The first kappa shape index (κ1) is 10.8. The van der Waals surface area contributed by atoms with Crippen molar-refractivity contribution in [3.05, 3.63) is 60.4 Å². The van der Waals surface area contributed by atoms with Gasteiger partial charge in [-0.2, -0.15) is 0 Å². The Morgan fingerprint density at radius 1 is 1.44 bits per heavy atom. The number of rotatable bonds is 3. The van der Waals surface area contributed by atoms with Gasteiger partial charge in [0.15, 0.2) is 11.0 Å². The topological polar surface area (TPSA) is 22.0 Å². The van der Waals surface area contributed by atoms with Gasteiger partial charge in [-0.1, -0.05) is 19.2 Å². The molecule has 0 amide bonds. The number of allylic oxidation sites excluding steroid dienone is 1. The number of hydrogen-bond donors (Lipinski definition) is 0. The minimum atomic E-state index is -1.40. The molecule has 0 aliphatic rings. The minimum absolute atomic E-state index is 0.307. The van der Waals surface area contributed by atoms with E-state index in [1.165, 1.54) is 18.2 Å². The molecule has 0 aliphatic carbocycles. The maximum Gasteiger partial charge on any atom is 0.156 e. The van der Waals surface area contributed by atoms with E-state index in [4.69, 9.17) is 0 Å². The van der Waals surface area contributed by atoms with Crippen molar-refractivity contribution >= 4 is 21.9 Å². The first-order chi connectivity index (χ1) is 7.63. The van der Waals surface area contributed by atoms with E-state index >= 15 is 0 Å². The van der Waals surface area contributed by atoms with Gasteiger partial charge in [0.2, 0.25) is 0 Å². The van der Waals surface area contributed by atoms with Crippen molar-refractivity contribution in [1.82, 2.24) is 3.97 Å². The van der Waals surface area contributed by atoms with Crippen molar-refractivity contribution in [2.45, 2.75) is 0 Å². The van der Waals surface area contributed by atoms with Crippen LogP contribution in [-0.2, 0) is 11.0 Å². The Balaban J connectivity index is 2.58. The number of nitrogens with zero attached hydrogens (tertiary/aromatic N) is 1. The highest BCUT2D eigenvalue weighted by atomic mass is 32.2. The zero-order valence-corrected chi connectivity index (χ0v) is 9.34. The van der Waals surface area contributed by atoms with E-state index in [-0.39, 0.29) is 5.82 Å². The van der Waals surface area contributed by atoms with Gasteiger partial charge < -0.3 is 0 Å². The average molecular weight is 235 g/mol. The lowest BCUT2D eigenvalue weighted by molar-refractivity contribution is 0.629. The molecule has 1 aromatic carbocycles. The molecule has 2 rings (SSSR count). The lowest BCUT2D eigenvalue weighted by Gasteiger charge is -2.04. The molecule has 2 aromatic rings. The van der Waals surface area contributed by atoms with Crippen molar-refractivity contribution in [1.29, 1.82) is 0 Å². The third-order valence-electron chi connectivity index (χ3n) is 2.25. The molecule has 0 radical (unpaired) electrons. The summed E-state index contributed by atoms with van der Waals surface area (Å²) in [4.78, 5) is 0.418. The standard InChI is InChI=1S/C12H10FNOS/c1-3-9(2)16(15)14-7-6-10-8-11(13)4-5-12(10)14/h3-8H,1-2H2. The predicted octanol–water partition coefficient (Wildman–Crippen LogP) is 2.99. The summed E-state index contributed by atoms with van der Waals surface area (Å²) in [5.74, 6) is -0.307. The van der Waals surface area contributed by atoms with Gasteiger partial charge in [0, 0.05) is 11.6 Å². The highest BCUT2D eigenvalue weighted by Gasteiger charge is 2.08. The number of aromatic nitrogens is 1. The number of halogens is 1. The number of hydrogen-bond acceptors (Lipinski definition) is 1. The van der Waals surface area contributed by atoms with E-state index < -0.39 is 11.0 Å². The molecular formula is C12H10FNOS. The van der Waals surface area contributed by atoms with Gasteiger partial charge in [-0.25, -0.2) is 8.60 Å². The highest BCUT2D eigenvalue weighted by Crippen LogP contribution is 2.19. The summed E-state index contributed by atoms with van der Waals surface area (Å²) < 4.78 is 26.4. The van der Waals surface area contributed by atoms with Crippen LogP contribution in [0.25, 0.3) is 10.9 Å². The van der Waals surface area contributed by atoms with Crippen LogP contribution in [-0.4, -0.2) is 8.18 Å². The molecule has 82 valence electrons. The zero-order valence-electron chi connectivity index (χ0n) is 8.52. The first-order valence-corrected chi connectivity index (χ1v) is 5.74. The molecule has 0 bridgehead atoms. The Bertz CT molecular complexity index is 600. The van der Waals surface area contributed by atoms with Crippen LogP contribution in [0.4, 0.5) is 4.39 Å². The fourth-order valence-electron chi connectivity index (χ4n) is 1.43. The molecule has 0 saturated carbocycles. The van der Waals surface area contributed by atoms with E-state index in [0.717, 1.165) is 0 Å². The van der Waals surface area contributed by atoms with Gasteiger partial charge in [0.05, 0.1) is 10.4 Å². The molecule has 1 atom stereocenters. The second-order valence-electron chi connectivity index (χ2n) is 3.26. The van der Waals surface area contributed by atoms with E-state index in [1.807, 2.05) is 0 Å². The molecule has 1 aromatic heterocycles. The smallest absolute Gasteiger partial charge is 0.156 e. The van der Waals surface area contributed by atoms with Crippen molar-refractivity contribution in [3.63, 3.8) is 0 Å². The summed E-state index contributed by atoms with van der Waals surface area (Å²) in [5, 5.41) is 0.713. The summed E-state index contributed by atoms with van der Waals surface area (Å²) in [6.07, 6.45) is 3.10. The van der Waals surface area contributed by atoms with Gasteiger partial charge >= 0.3 is 0 Å². The first-order valence-electron chi connectivity index (χ1n) is 4.63. The van der Waals surface area contributed by atoms with Gasteiger partial charge in [-0.05, 0) is 24.3 Å². The highest BCUT2D eigenvalue weighted by molar-refractivity contribution is 7.87. The van der Waals surface area contributed by atoms with Crippen LogP contribution in [0.3, 0.4) is 0 Å². The molecule has 0 spiro atoms. The van der Waals surface area contributed by atoms with Crippen LogP contribution < -0.4 is 0 Å². The lowest BCUT2D eigenvalue weighted by Crippen LogP contribution is -2.03. The molecule has 2 nitrogen and oxygen atoms in total. The van der Waals surface area contributed by atoms with Crippen molar-refractivity contribution < 1.29 is 8.60 Å². The van der Waals surface area contributed by atoms with Crippen LogP contribution in [0.1, 0.15) is 0 Å². The molecule has 4 heteroatoms. The van der Waals surface area contributed by atoms with E-state index in [0.29, 0.717) is 15.8 Å². The van der Waals surface area contributed by atoms with Crippen molar-refractivity contribution in [2.75, 3.05) is 0 Å². The Hall–Kier alpha value is -1.68. The minimum Gasteiger partial charge on any atom is -0.263 e. The Morgan fingerprint density at radius 2 is 2.19 bits per heavy atom. The van der Waals surface area contributed by atoms with Crippen LogP contribution in [0.15, 0.2) is 54.6 Å². The lowest BCUT2D eigenvalue weighted by atomic mass is 10.2. The summed E-state index contributed by atoms with van der Waals surface area (Å²) in [7, 11) is -1.40. The SMILES string of the molecule is C=CC(=C)S(=O)n1ccc2cc(F)ccc21. The Morgan fingerprint density at radius 3 is 2.88 bits per heavy atom. The summed E-state index contributed by atoms with van der Waals surface area (Å²) in [6.45, 7) is 7.16. The molecule has 0 N–H and O–H groups in total. The largest absolute Gasteiger partial charge is 0.263 e. The van der Waals surface area contributed by atoms with E-state index in [2.05, 4.69) is 13.2 Å². The molecular weight excluding hydrogens is 225 g/mol. The van der Waals surface area contributed by atoms with Crippen LogP contribution in [0, 0.1) is 5.82 Å². The second-order valence-corrected chi connectivity index (χ2v) is 4.68. The van der Waals surface area contributed by atoms with Gasteiger partial charge in [0.25, 0.3) is 0 Å². The quantitative estimate of drug-likeness (QED) is 0.750. The maximum absolute atomic E-state index is 13.0. The van der Waals surface area contributed by atoms with Crippen LogP contribution >= 0.6 is 0 Å². The molecule has 0 aliphatic heterocycles. The summed E-state index contributed by atoms with van der Waals surface area (Å²) in [5.41, 5.74) is 0.711. The summed E-state index contributed by atoms with van der Waals surface area (Å²) in [6, 6.07) is 6.05. The van der Waals surface area contributed by atoms with Gasteiger partial charge in [-0.15, -0.1) is 0 Å². The van der Waals surface area contributed by atoms with E-state index in [1.54, 1.807) is 22.3 Å². The summed E-state index contributed by atoms with van der Waals surface area (Å²) >= 11 is 0.